The highest BCUT2D eigenvalue weighted by molar-refractivity contribution is 6.30. The van der Waals surface area contributed by atoms with E-state index in [9.17, 15) is 13.2 Å². The molecule has 100 valence electrons. The molecule has 0 aliphatic heterocycles. The lowest BCUT2D eigenvalue weighted by molar-refractivity contribution is 0.288. The summed E-state index contributed by atoms with van der Waals surface area (Å²) in [6.07, 6.45) is 0. The predicted octanol–water partition coefficient (Wildman–Crippen LogP) is 3.92. The van der Waals surface area contributed by atoms with E-state index in [1.165, 1.54) is 18.2 Å². The Morgan fingerprint density at radius 2 is 1.74 bits per heavy atom. The van der Waals surface area contributed by atoms with E-state index in [4.69, 9.17) is 22.1 Å². The molecule has 19 heavy (non-hydrogen) atoms. The van der Waals surface area contributed by atoms with Crippen LogP contribution in [0.5, 0.6) is 5.75 Å². The van der Waals surface area contributed by atoms with Gasteiger partial charge in [0.25, 0.3) is 0 Å². The summed E-state index contributed by atoms with van der Waals surface area (Å²) < 4.78 is 44.6. The summed E-state index contributed by atoms with van der Waals surface area (Å²) in [5, 5.41) is -0.0648. The summed E-state index contributed by atoms with van der Waals surface area (Å²) in [5.41, 5.74) is 5.44. The van der Waals surface area contributed by atoms with Crippen LogP contribution in [-0.4, -0.2) is 0 Å². The Balaban J connectivity index is 2.14. The van der Waals surface area contributed by atoms with Gasteiger partial charge in [0.15, 0.2) is 11.6 Å². The molecule has 0 aromatic heterocycles. The van der Waals surface area contributed by atoms with Gasteiger partial charge >= 0.3 is 0 Å². The van der Waals surface area contributed by atoms with Gasteiger partial charge in [-0.05, 0) is 17.7 Å². The van der Waals surface area contributed by atoms with Crippen LogP contribution in [0.15, 0.2) is 30.3 Å². The average molecular weight is 288 g/mol. The molecule has 0 saturated carbocycles. The zero-order valence-corrected chi connectivity index (χ0v) is 10.3. The molecule has 2 rings (SSSR count). The molecule has 0 fully saturated rings. The fraction of sp³-hybridized carbons (Fsp3) is 0.0769. The fourth-order valence-electron chi connectivity index (χ4n) is 1.45. The highest BCUT2D eigenvalue weighted by Gasteiger charge is 2.09. The van der Waals surface area contributed by atoms with Crippen LogP contribution in [0.4, 0.5) is 18.9 Å². The Bertz CT molecular complexity index is 619. The first-order valence-corrected chi connectivity index (χ1v) is 5.66. The average Bonchev–Trinajstić information content (AvgIpc) is 2.36. The predicted molar refractivity (Wildman–Crippen MR) is 66.5 cm³/mol. The lowest BCUT2D eigenvalue weighted by atomic mass is 10.2. The quantitative estimate of drug-likeness (QED) is 0.869. The Kier molecular flexibility index (Phi) is 3.85. The van der Waals surface area contributed by atoms with Crippen molar-refractivity contribution in [3.63, 3.8) is 0 Å². The zero-order valence-electron chi connectivity index (χ0n) is 9.59. The molecule has 2 aromatic carbocycles. The number of ether oxygens (including phenoxy) is 1. The highest BCUT2D eigenvalue weighted by Crippen LogP contribution is 2.24. The van der Waals surface area contributed by atoms with Gasteiger partial charge in [-0.15, -0.1) is 0 Å². The molecule has 0 unspecified atom stereocenters. The number of nitrogen functional groups attached to an aromatic ring is 1. The Morgan fingerprint density at radius 1 is 1.00 bits per heavy atom. The van der Waals surface area contributed by atoms with Crippen LogP contribution in [0, 0.1) is 17.5 Å². The number of anilines is 1. The third-order valence-corrected chi connectivity index (χ3v) is 2.72. The first-order chi connectivity index (χ1) is 8.97. The minimum atomic E-state index is -0.771. The van der Waals surface area contributed by atoms with E-state index in [0.717, 1.165) is 12.1 Å². The van der Waals surface area contributed by atoms with Crippen LogP contribution in [-0.2, 0) is 6.61 Å². The maximum absolute atomic E-state index is 13.4. The zero-order chi connectivity index (χ0) is 14.0. The molecule has 0 heterocycles. The van der Waals surface area contributed by atoms with Crippen LogP contribution in [0.1, 0.15) is 5.56 Å². The Labute approximate surface area is 112 Å². The lowest BCUT2D eigenvalue weighted by Gasteiger charge is -2.09. The van der Waals surface area contributed by atoms with Gasteiger partial charge in [-0.3, -0.25) is 0 Å². The molecule has 2 N–H and O–H groups in total. The molecule has 0 aliphatic rings. The van der Waals surface area contributed by atoms with Gasteiger partial charge in [-0.2, -0.15) is 0 Å². The van der Waals surface area contributed by atoms with Crippen molar-refractivity contribution in [1.29, 1.82) is 0 Å². The van der Waals surface area contributed by atoms with Crippen molar-refractivity contribution in [2.24, 2.45) is 0 Å². The second-order valence-corrected chi connectivity index (χ2v) is 4.25. The minimum absolute atomic E-state index is 0.0648. The van der Waals surface area contributed by atoms with Gasteiger partial charge in [-0.1, -0.05) is 17.7 Å². The van der Waals surface area contributed by atoms with Crippen molar-refractivity contribution in [2.45, 2.75) is 6.61 Å². The summed E-state index contributed by atoms with van der Waals surface area (Å²) in [4.78, 5) is 0. The third-order valence-electron chi connectivity index (χ3n) is 2.43. The van der Waals surface area contributed by atoms with Crippen molar-refractivity contribution in [3.05, 3.63) is 58.4 Å². The van der Waals surface area contributed by atoms with Gasteiger partial charge < -0.3 is 10.5 Å². The number of hydrogen-bond donors (Lipinski definition) is 1. The highest BCUT2D eigenvalue weighted by atomic mass is 35.5. The van der Waals surface area contributed by atoms with E-state index >= 15 is 0 Å². The SMILES string of the molecule is Nc1cc(F)c(OCc2ccc(F)c(Cl)c2)cc1F. The fourth-order valence-corrected chi connectivity index (χ4v) is 1.65. The van der Waals surface area contributed by atoms with Crippen LogP contribution in [0.2, 0.25) is 5.02 Å². The number of halogens is 4. The molecule has 2 nitrogen and oxygen atoms in total. The van der Waals surface area contributed by atoms with Gasteiger partial charge in [0.2, 0.25) is 0 Å². The maximum atomic E-state index is 13.4. The van der Waals surface area contributed by atoms with Crippen LogP contribution >= 0.6 is 11.6 Å². The van der Waals surface area contributed by atoms with Gasteiger partial charge in [-0.25, -0.2) is 13.2 Å². The monoisotopic (exact) mass is 287 g/mol. The number of nitrogens with two attached hydrogens (primary N) is 1. The second-order valence-electron chi connectivity index (χ2n) is 3.84. The standard InChI is InChI=1S/C13H9ClF3NO/c14-8-3-7(1-2-9(8)15)6-19-13-5-10(16)12(18)4-11(13)17/h1-5H,6,18H2. The van der Waals surface area contributed by atoms with Crippen LogP contribution < -0.4 is 10.5 Å². The van der Waals surface area contributed by atoms with Gasteiger partial charge in [0.1, 0.15) is 18.2 Å². The smallest absolute Gasteiger partial charge is 0.167 e. The van der Waals surface area contributed by atoms with E-state index in [-0.39, 0.29) is 23.1 Å². The van der Waals surface area contributed by atoms with Crippen LogP contribution in [0.25, 0.3) is 0 Å². The topological polar surface area (TPSA) is 35.2 Å². The summed E-state index contributed by atoms with van der Waals surface area (Å²) in [6, 6.07) is 5.65. The van der Waals surface area contributed by atoms with Crippen molar-refractivity contribution in [3.8, 4) is 5.75 Å². The van der Waals surface area contributed by atoms with E-state index < -0.39 is 17.5 Å². The summed E-state index contributed by atoms with van der Waals surface area (Å²) in [6.45, 7) is -0.0692. The number of rotatable bonds is 3. The molecule has 0 amide bonds. The van der Waals surface area contributed by atoms with Crippen LogP contribution in [0.3, 0.4) is 0 Å². The van der Waals surface area contributed by atoms with Crippen molar-refractivity contribution in [2.75, 3.05) is 5.73 Å². The largest absolute Gasteiger partial charge is 0.486 e. The lowest BCUT2D eigenvalue weighted by Crippen LogP contribution is -2.00. The summed E-state index contributed by atoms with van der Waals surface area (Å²) in [7, 11) is 0. The molecule has 0 aliphatic carbocycles. The summed E-state index contributed by atoms with van der Waals surface area (Å²) >= 11 is 5.59. The summed E-state index contributed by atoms with van der Waals surface area (Å²) in [5.74, 6) is -2.37. The van der Waals surface area contributed by atoms with Gasteiger partial charge in [0, 0.05) is 12.1 Å². The molecular weight excluding hydrogens is 279 g/mol. The Morgan fingerprint density at radius 3 is 2.42 bits per heavy atom. The molecule has 0 saturated heterocycles. The molecule has 0 spiro atoms. The van der Waals surface area contributed by atoms with Crippen molar-refractivity contribution >= 4 is 17.3 Å². The maximum Gasteiger partial charge on any atom is 0.167 e. The second kappa shape index (κ2) is 5.40. The Hall–Kier alpha value is -1.88. The van der Waals surface area contributed by atoms with Crippen molar-refractivity contribution in [1.82, 2.24) is 0 Å². The molecule has 6 heteroatoms. The van der Waals surface area contributed by atoms with E-state index in [1.807, 2.05) is 0 Å². The van der Waals surface area contributed by atoms with E-state index in [2.05, 4.69) is 0 Å². The molecule has 0 bridgehead atoms. The normalized spacial score (nSPS) is 10.5. The molecule has 2 aromatic rings. The van der Waals surface area contributed by atoms with E-state index in [1.54, 1.807) is 0 Å². The third kappa shape index (κ3) is 3.12. The number of hydrogen-bond acceptors (Lipinski definition) is 2. The van der Waals surface area contributed by atoms with Gasteiger partial charge in [0.05, 0.1) is 10.7 Å². The minimum Gasteiger partial charge on any atom is -0.486 e. The number of benzene rings is 2. The first kappa shape index (κ1) is 13.5. The molecule has 0 atom stereocenters. The van der Waals surface area contributed by atoms with Crippen molar-refractivity contribution < 1.29 is 17.9 Å². The molecule has 0 radical (unpaired) electrons. The molecular formula is C13H9ClF3NO. The first-order valence-electron chi connectivity index (χ1n) is 5.28. The van der Waals surface area contributed by atoms with E-state index in [0.29, 0.717) is 5.56 Å².